The Morgan fingerprint density at radius 2 is 1.50 bits per heavy atom. The molecule has 0 aliphatic rings. The van der Waals surface area contributed by atoms with Gasteiger partial charge in [0.2, 0.25) is 0 Å². The molecule has 0 fully saturated rings. The summed E-state index contributed by atoms with van der Waals surface area (Å²) in [4.78, 5) is 11.3. The number of hydrogen-bond acceptors (Lipinski definition) is 3. The monoisotopic (exact) mass is 590 g/mol. The molecular weight excluding hydrogens is 556 g/mol. The van der Waals surface area contributed by atoms with E-state index in [9.17, 15) is 4.79 Å². The van der Waals surface area contributed by atoms with E-state index in [1.165, 1.54) is 0 Å². The topological polar surface area (TPSA) is 46.5 Å². The summed E-state index contributed by atoms with van der Waals surface area (Å²) in [6.07, 6.45) is 2.88. The molecule has 0 spiro atoms. The van der Waals surface area contributed by atoms with E-state index in [0.717, 1.165) is 18.4 Å². The molecule has 136 valence electrons. The van der Waals surface area contributed by atoms with Crippen molar-refractivity contribution in [1.82, 2.24) is 0 Å². The molecule has 0 radical (unpaired) electrons. The smallest absolute Gasteiger partial charge is 0.559 e. The van der Waals surface area contributed by atoms with Crippen LogP contribution in [0, 0.1) is 140 Å². The summed E-state index contributed by atoms with van der Waals surface area (Å²) in [5, 5.41) is 8.97. The van der Waals surface area contributed by atoms with Crippen molar-refractivity contribution >= 4 is 5.97 Å². The maximum Gasteiger partial charge on any atom is 4.00 e. The maximum absolute atomic E-state index is 11.3. The van der Waals surface area contributed by atoms with Gasteiger partial charge in [-0.15, -0.1) is 12.2 Å². The molecule has 0 amide bonds. The van der Waals surface area contributed by atoms with Crippen LogP contribution in [0.4, 0.5) is 0 Å². The van der Waals surface area contributed by atoms with Crippen LogP contribution < -0.4 is 0 Å². The molecule has 0 aromatic heterocycles. The summed E-state index contributed by atoms with van der Waals surface area (Å²) in [7, 11) is 0. The minimum absolute atomic E-state index is 0. The molecule has 1 N–H and O–H groups in total. The van der Waals surface area contributed by atoms with Gasteiger partial charge in [0.05, 0.1) is 6.61 Å². The van der Waals surface area contributed by atoms with Crippen molar-refractivity contribution in [3.63, 3.8) is 0 Å². The van der Waals surface area contributed by atoms with Crippen LogP contribution in [0.25, 0.3) is 0 Å². The number of benzene rings is 1. The van der Waals surface area contributed by atoms with E-state index < -0.39 is 0 Å². The molecule has 5 heteroatoms. The average Bonchev–Trinajstić information content (AvgIpc) is 2.29. The van der Waals surface area contributed by atoms with Gasteiger partial charge in [0.1, 0.15) is 0 Å². The van der Waals surface area contributed by atoms with Crippen molar-refractivity contribution in [2.45, 2.75) is 32.6 Å². The Hall–Kier alpha value is 1.24. The fourth-order valence-electron chi connectivity index (χ4n) is 1.20. The molecule has 1 rings (SSSR count). The van der Waals surface area contributed by atoms with Crippen molar-refractivity contribution in [2.24, 2.45) is 0 Å². The molecule has 0 heterocycles. The maximum atomic E-state index is 11.3. The summed E-state index contributed by atoms with van der Waals surface area (Å²) >= 11 is 0. The van der Waals surface area contributed by atoms with E-state index in [2.05, 4.69) is 19.1 Å². The molecule has 0 saturated heterocycles. The SMILES string of the molecule is CCCCOC(=O)CCc1c[c-]c(O)[c-]c1.[CH3-].[CH3-].[CH3-].[CH3-].[CH3-].[CH3-].[Ce+4].[Ce+4]. The minimum Gasteiger partial charge on any atom is -0.559 e. The first-order chi connectivity index (χ1) is 7.72. The third kappa shape index (κ3) is 25.5. The second-order valence-corrected chi connectivity index (χ2v) is 3.57. The van der Waals surface area contributed by atoms with Gasteiger partial charge in [0, 0.05) is 6.42 Å². The van der Waals surface area contributed by atoms with Gasteiger partial charge in [-0.05, 0) is 6.42 Å². The molecule has 0 aliphatic heterocycles. The average molecular weight is 591 g/mol. The van der Waals surface area contributed by atoms with E-state index >= 15 is 0 Å². The summed E-state index contributed by atoms with van der Waals surface area (Å²) in [5.41, 5.74) is 0.922. The van der Waals surface area contributed by atoms with Crippen LogP contribution in [-0.4, -0.2) is 17.7 Å². The van der Waals surface area contributed by atoms with Crippen LogP contribution in [0.3, 0.4) is 0 Å². The summed E-state index contributed by atoms with van der Waals surface area (Å²) in [5.74, 6) is -0.184. The molecule has 0 saturated carbocycles. The molecule has 24 heavy (non-hydrogen) atoms. The Labute approximate surface area is 220 Å². The molecule has 1 aromatic carbocycles. The largest absolute Gasteiger partial charge is 4.00 e. The second-order valence-electron chi connectivity index (χ2n) is 3.57. The standard InChI is InChI=1S/C13H16O3.6CH3.2Ce/c1-2-3-10-16-13(15)9-6-11-4-7-12(14)8-5-11;;;;;;;;/h4-5,14H,2-3,6,9-10H2,1H3;6*1H3;;/q-2;6*-1;2*+4. The Morgan fingerprint density at radius 1 is 1.04 bits per heavy atom. The number of ether oxygens (including phenoxy) is 1. The van der Waals surface area contributed by atoms with Crippen molar-refractivity contribution in [2.75, 3.05) is 6.61 Å². The Balaban J connectivity index is -0.0000000533. The van der Waals surface area contributed by atoms with Gasteiger partial charge < -0.3 is 66.5 Å². The number of carbonyl (C=O) groups is 1. The number of phenolic OH excluding ortho intramolecular Hbond substituents is 1. The predicted octanol–water partition coefficient (Wildman–Crippen LogP) is 4.97. The van der Waals surface area contributed by atoms with Gasteiger partial charge in [-0.1, -0.05) is 13.3 Å². The molecule has 0 atom stereocenters. The van der Waals surface area contributed by atoms with Crippen LogP contribution in [0.15, 0.2) is 12.1 Å². The van der Waals surface area contributed by atoms with Crippen molar-refractivity contribution in [3.8, 4) is 5.75 Å². The fraction of sp³-hybridized carbons (Fsp3) is 0.316. The van der Waals surface area contributed by atoms with E-state index in [4.69, 9.17) is 9.84 Å². The van der Waals surface area contributed by atoms with E-state index in [-0.39, 0.29) is 140 Å². The van der Waals surface area contributed by atoms with Gasteiger partial charge in [-0.3, -0.25) is 22.5 Å². The van der Waals surface area contributed by atoms with E-state index in [1.54, 1.807) is 12.1 Å². The van der Waals surface area contributed by atoms with Crippen LogP contribution >= 0.6 is 0 Å². The first-order valence-corrected chi connectivity index (χ1v) is 5.49. The van der Waals surface area contributed by atoms with Gasteiger partial charge in [-0.25, -0.2) is 0 Å². The van der Waals surface area contributed by atoms with E-state index in [1.807, 2.05) is 0 Å². The van der Waals surface area contributed by atoms with Gasteiger partial charge in [0.15, 0.2) is 0 Å². The van der Waals surface area contributed by atoms with Crippen LogP contribution in [0.2, 0.25) is 0 Å². The fourth-order valence-corrected chi connectivity index (χ4v) is 1.20. The number of hydrogen-bond donors (Lipinski definition) is 1. The Bertz CT molecular complexity index is 328. The quantitative estimate of drug-likeness (QED) is 0.289. The molecule has 0 aliphatic carbocycles. The van der Waals surface area contributed by atoms with Crippen LogP contribution in [0.1, 0.15) is 31.7 Å². The van der Waals surface area contributed by atoms with Gasteiger partial charge in [-0.2, -0.15) is 0 Å². The van der Waals surface area contributed by atoms with Gasteiger partial charge in [0.25, 0.3) is 0 Å². The zero-order chi connectivity index (χ0) is 11.8. The molecule has 0 unspecified atom stereocenters. The van der Waals surface area contributed by atoms with Crippen molar-refractivity contribution < 1.29 is 98.1 Å². The van der Waals surface area contributed by atoms with Crippen molar-refractivity contribution in [3.05, 3.63) is 74.4 Å². The second kappa shape index (κ2) is 32.0. The van der Waals surface area contributed by atoms with Crippen molar-refractivity contribution in [1.29, 1.82) is 0 Å². The number of unbranched alkanes of at least 4 members (excludes halogenated alkanes) is 1. The number of esters is 1. The van der Waals surface area contributed by atoms with E-state index in [0.29, 0.717) is 19.4 Å². The molecule has 1 aromatic rings. The molecule has 0 bridgehead atoms. The zero-order valence-electron chi connectivity index (χ0n) is 16.5. The third-order valence-electron chi connectivity index (χ3n) is 2.17. The summed E-state index contributed by atoms with van der Waals surface area (Å²) < 4.78 is 5.02. The number of carbonyl (C=O) groups excluding carboxylic acids is 1. The van der Waals surface area contributed by atoms with Gasteiger partial charge >= 0.3 is 89.5 Å². The third-order valence-corrected chi connectivity index (χ3v) is 2.17. The normalized spacial score (nSPS) is 6.71. The molecule has 3 nitrogen and oxygen atoms in total. The molecular formula is C19H34Ce2O3. The first-order valence-electron chi connectivity index (χ1n) is 5.49. The Kier molecular flexibility index (Phi) is 66.5. The number of rotatable bonds is 6. The summed E-state index contributed by atoms with van der Waals surface area (Å²) in [6, 6.07) is 8.56. The summed E-state index contributed by atoms with van der Waals surface area (Å²) in [6.45, 7) is 2.55. The van der Waals surface area contributed by atoms with Crippen LogP contribution in [-0.2, 0) is 16.0 Å². The number of aryl methyl sites for hydroxylation is 1. The minimum atomic E-state index is -0.179. The van der Waals surface area contributed by atoms with Crippen LogP contribution in [0.5, 0.6) is 5.75 Å². The first kappa shape index (κ1) is 49.9. The predicted molar refractivity (Wildman–Crippen MR) is 98.5 cm³/mol. The number of phenols is 1. The number of aromatic hydroxyl groups is 1. The zero-order valence-corrected chi connectivity index (χ0v) is 22.7. The Morgan fingerprint density at radius 3 is 1.92 bits per heavy atom.